The number of amides is 2. The molecule has 0 saturated heterocycles. The van der Waals surface area contributed by atoms with Crippen LogP contribution in [0.25, 0.3) is 0 Å². The van der Waals surface area contributed by atoms with Crippen molar-refractivity contribution in [2.24, 2.45) is 0 Å². The van der Waals surface area contributed by atoms with E-state index in [2.05, 4.69) is 21.2 Å². The largest absolute Gasteiger partial charge is 0.334 e. The number of rotatable bonds is 5. The molecular weight excluding hydrogens is 359 g/mol. The highest BCUT2D eigenvalue weighted by molar-refractivity contribution is 9.10. The van der Waals surface area contributed by atoms with Crippen LogP contribution in [0.4, 0.5) is 9.18 Å². The van der Waals surface area contributed by atoms with Crippen LogP contribution < -0.4 is 5.32 Å². The van der Waals surface area contributed by atoms with E-state index < -0.39 is 0 Å². The summed E-state index contributed by atoms with van der Waals surface area (Å²) in [5.41, 5.74) is 1.58. The average Bonchev–Trinajstić information content (AvgIpc) is 3.37. The van der Waals surface area contributed by atoms with Crippen LogP contribution in [0, 0.1) is 5.82 Å². The molecule has 2 aromatic carbocycles. The number of nitrogens with zero attached hydrogens (tertiary/aromatic N) is 1. The molecular formula is C18H18BrFN2O. The Morgan fingerprint density at radius 1 is 1.22 bits per heavy atom. The number of carbonyl (C=O) groups is 1. The molecule has 5 heteroatoms. The van der Waals surface area contributed by atoms with Crippen molar-refractivity contribution in [3.8, 4) is 0 Å². The van der Waals surface area contributed by atoms with Gasteiger partial charge in [-0.05, 0) is 36.6 Å². The highest BCUT2D eigenvalue weighted by Gasteiger charge is 2.32. The summed E-state index contributed by atoms with van der Waals surface area (Å²) in [6.07, 6.45) is 1.97. The van der Waals surface area contributed by atoms with E-state index in [4.69, 9.17) is 0 Å². The van der Waals surface area contributed by atoms with Gasteiger partial charge in [-0.15, -0.1) is 0 Å². The summed E-state index contributed by atoms with van der Waals surface area (Å²) in [5, 5.41) is 2.93. The van der Waals surface area contributed by atoms with Gasteiger partial charge in [-0.25, -0.2) is 9.18 Å². The quantitative estimate of drug-likeness (QED) is 0.820. The smallest absolute Gasteiger partial charge is 0.318 e. The van der Waals surface area contributed by atoms with Gasteiger partial charge < -0.3 is 10.2 Å². The van der Waals surface area contributed by atoms with Gasteiger partial charge in [0.2, 0.25) is 0 Å². The third-order valence-corrected chi connectivity index (χ3v) is 4.37. The predicted molar refractivity (Wildman–Crippen MR) is 91.3 cm³/mol. The van der Waals surface area contributed by atoms with Crippen LogP contribution in [0.2, 0.25) is 0 Å². The number of hydrogen-bond donors (Lipinski definition) is 1. The highest BCUT2D eigenvalue weighted by Crippen LogP contribution is 2.29. The number of hydrogen-bond acceptors (Lipinski definition) is 1. The lowest BCUT2D eigenvalue weighted by atomic mass is 10.2. The summed E-state index contributed by atoms with van der Waals surface area (Å²) in [6.45, 7) is 0.764. The summed E-state index contributed by atoms with van der Waals surface area (Å²) < 4.78 is 14.8. The van der Waals surface area contributed by atoms with Crippen molar-refractivity contribution in [1.29, 1.82) is 0 Å². The van der Waals surface area contributed by atoms with Crippen LogP contribution >= 0.6 is 15.9 Å². The first-order valence-corrected chi connectivity index (χ1v) is 8.45. The first kappa shape index (κ1) is 16.0. The molecule has 2 aromatic rings. The van der Waals surface area contributed by atoms with E-state index in [-0.39, 0.29) is 17.9 Å². The Morgan fingerprint density at radius 2 is 2.00 bits per heavy atom. The van der Waals surface area contributed by atoms with Gasteiger partial charge in [0.25, 0.3) is 0 Å². The molecule has 3 nitrogen and oxygen atoms in total. The van der Waals surface area contributed by atoms with Gasteiger partial charge in [0.15, 0.2) is 0 Å². The fourth-order valence-corrected chi connectivity index (χ4v) is 2.94. The van der Waals surface area contributed by atoms with Gasteiger partial charge in [-0.2, -0.15) is 0 Å². The average molecular weight is 377 g/mol. The van der Waals surface area contributed by atoms with Crippen LogP contribution in [0.5, 0.6) is 0 Å². The standard InChI is InChI=1S/C18H18BrFN2O/c19-15-6-3-4-13(10-15)11-21-18(23)22(16-8-9-16)12-14-5-1-2-7-17(14)20/h1-7,10,16H,8-9,11-12H2,(H,21,23). The van der Waals surface area contributed by atoms with E-state index in [1.807, 2.05) is 24.3 Å². The summed E-state index contributed by atoms with van der Waals surface area (Å²) in [7, 11) is 0. The maximum Gasteiger partial charge on any atom is 0.318 e. The molecule has 1 aliphatic carbocycles. The molecule has 1 saturated carbocycles. The van der Waals surface area contributed by atoms with E-state index in [9.17, 15) is 9.18 Å². The van der Waals surface area contributed by atoms with Crippen molar-refractivity contribution in [3.63, 3.8) is 0 Å². The lowest BCUT2D eigenvalue weighted by Gasteiger charge is -2.23. The molecule has 23 heavy (non-hydrogen) atoms. The minimum absolute atomic E-state index is 0.143. The predicted octanol–water partition coefficient (Wildman–Crippen LogP) is 4.46. The molecule has 0 atom stereocenters. The molecule has 0 aromatic heterocycles. The SMILES string of the molecule is O=C(NCc1cccc(Br)c1)N(Cc1ccccc1F)C1CC1. The van der Waals surface area contributed by atoms with Crippen LogP contribution in [-0.4, -0.2) is 17.0 Å². The van der Waals surface area contributed by atoms with Crippen LogP contribution in [0.15, 0.2) is 53.0 Å². The number of benzene rings is 2. The molecule has 120 valence electrons. The maximum absolute atomic E-state index is 13.8. The van der Waals surface area contributed by atoms with E-state index >= 15 is 0 Å². The number of nitrogens with one attached hydrogen (secondary N) is 1. The van der Waals surface area contributed by atoms with E-state index in [0.29, 0.717) is 18.7 Å². The van der Waals surface area contributed by atoms with Crippen LogP contribution in [0.1, 0.15) is 24.0 Å². The van der Waals surface area contributed by atoms with Gasteiger partial charge in [-0.1, -0.05) is 46.3 Å². The summed E-state index contributed by atoms with van der Waals surface area (Å²) in [4.78, 5) is 14.2. The summed E-state index contributed by atoms with van der Waals surface area (Å²) >= 11 is 3.42. The highest BCUT2D eigenvalue weighted by atomic mass is 79.9. The molecule has 0 bridgehead atoms. The third kappa shape index (κ3) is 4.32. The second-order valence-corrected chi connectivity index (χ2v) is 6.65. The molecule has 3 rings (SSSR count). The summed E-state index contributed by atoms with van der Waals surface area (Å²) in [5.74, 6) is -0.266. The fraction of sp³-hybridized carbons (Fsp3) is 0.278. The zero-order valence-electron chi connectivity index (χ0n) is 12.6. The molecule has 1 N–H and O–H groups in total. The Hall–Kier alpha value is -1.88. The van der Waals surface area contributed by atoms with Crippen molar-refractivity contribution >= 4 is 22.0 Å². The molecule has 0 radical (unpaired) electrons. The van der Waals surface area contributed by atoms with Gasteiger partial charge in [-0.3, -0.25) is 0 Å². The molecule has 0 unspecified atom stereocenters. The molecule has 0 heterocycles. The minimum Gasteiger partial charge on any atom is -0.334 e. The van der Waals surface area contributed by atoms with Gasteiger partial charge in [0.1, 0.15) is 5.82 Å². The monoisotopic (exact) mass is 376 g/mol. The van der Waals surface area contributed by atoms with Crippen molar-refractivity contribution < 1.29 is 9.18 Å². The van der Waals surface area contributed by atoms with E-state index in [1.165, 1.54) is 6.07 Å². The second kappa shape index (κ2) is 7.13. The van der Waals surface area contributed by atoms with Crippen LogP contribution in [0.3, 0.4) is 0 Å². The van der Waals surface area contributed by atoms with E-state index in [1.54, 1.807) is 23.1 Å². The topological polar surface area (TPSA) is 32.3 Å². The maximum atomic E-state index is 13.8. The van der Waals surface area contributed by atoms with Crippen LogP contribution in [-0.2, 0) is 13.1 Å². The number of urea groups is 1. The molecule has 0 aliphatic heterocycles. The normalized spacial score (nSPS) is 13.7. The molecule has 2 amide bonds. The Bertz CT molecular complexity index is 703. The fourth-order valence-electron chi connectivity index (χ4n) is 2.49. The Morgan fingerprint density at radius 3 is 2.70 bits per heavy atom. The molecule has 1 aliphatic rings. The van der Waals surface area contributed by atoms with Gasteiger partial charge >= 0.3 is 6.03 Å². The second-order valence-electron chi connectivity index (χ2n) is 5.74. The lowest BCUT2D eigenvalue weighted by Crippen LogP contribution is -2.40. The Labute approximate surface area is 143 Å². The Balaban J connectivity index is 1.64. The number of halogens is 2. The zero-order valence-corrected chi connectivity index (χ0v) is 14.2. The van der Waals surface area contributed by atoms with E-state index in [0.717, 1.165) is 22.9 Å². The number of carbonyl (C=O) groups excluding carboxylic acids is 1. The zero-order chi connectivity index (χ0) is 16.2. The third-order valence-electron chi connectivity index (χ3n) is 3.88. The minimum atomic E-state index is -0.266. The van der Waals surface area contributed by atoms with Crippen molar-refractivity contribution in [2.75, 3.05) is 0 Å². The Kier molecular flexibility index (Phi) is 4.96. The van der Waals surface area contributed by atoms with Gasteiger partial charge in [0, 0.05) is 22.6 Å². The summed E-state index contributed by atoms with van der Waals surface area (Å²) in [6, 6.07) is 14.5. The van der Waals surface area contributed by atoms with Crippen molar-refractivity contribution in [3.05, 3.63) is 69.9 Å². The molecule has 0 spiro atoms. The van der Waals surface area contributed by atoms with Crippen molar-refractivity contribution in [2.45, 2.75) is 32.0 Å². The lowest BCUT2D eigenvalue weighted by molar-refractivity contribution is 0.191. The first-order valence-electron chi connectivity index (χ1n) is 7.66. The molecule has 1 fully saturated rings. The first-order chi connectivity index (χ1) is 11.1. The van der Waals surface area contributed by atoms with Crippen molar-refractivity contribution in [1.82, 2.24) is 10.2 Å². The van der Waals surface area contributed by atoms with Gasteiger partial charge in [0.05, 0.1) is 6.54 Å².